The average Bonchev–Trinajstić information content (AvgIpc) is 2.50. The maximum atomic E-state index is 11.8. The summed E-state index contributed by atoms with van der Waals surface area (Å²) in [4.78, 5) is 11.8. The van der Waals surface area contributed by atoms with Gasteiger partial charge < -0.3 is 10.6 Å². The molecule has 0 radical (unpaired) electrons. The van der Waals surface area contributed by atoms with Crippen molar-refractivity contribution < 1.29 is 4.79 Å². The number of aryl methyl sites for hydroxylation is 1. The van der Waals surface area contributed by atoms with Gasteiger partial charge in [-0.2, -0.15) is 0 Å². The monoisotopic (exact) mass is 294 g/mol. The Hall–Kier alpha value is -2.55. The van der Waals surface area contributed by atoms with Gasteiger partial charge in [0.25, 0.3) is 0 Å². The first-order valence-corrected chi connectivity index (χ1v) is 7.46. The SMILES string of the molecule is Cc1ccccc1/C=C/NC(=O)Nc1ccc(C(C)C)cc1. The first-order chi connectivity index (χ1) is 10.6. The zero-order valence-corrected chi connectivity index (χ0v) is 13.3. The van der Waals surface area contributed by atoms with Crippen LogP contribution in [-0.4, -0.2) is 6.03 Å². The summed E-state index contributed by atoms with van der Waals surface area (Å²) < 4.78 is 0. The molecular weight excluding hydrogens is 272 g/mol. The van der Waals surface area contributed by atoms with Crippen LogP contribution in [0.1, 0.15) is 36.5 Å². The van der Waals surface area contributed by atoms with Crippen LogP contribution in [0.15, 0.2) is 54.7 Å². The van der Waals surface area contributed by atoms with Crippen LogP contribution in [0.25, 0.3) is 6.08 Å². The lowest BCUT2D eigenvalue weighted by Gasteiger charge is -2.08. The van der Waals surface area contributed by atoms with Crippen molar-refractivity contribution >= 4 is 17.8 Å². The molecule has 0 aliphatic rings. The van der Waals surface area contributed by atoms with E-state index in [1.54, 1.807) is 6.20 Å². The Labute approximate surface area is 132 Å². The molecule has 0 fully saturated rings. The molecule has 0 heterocycles. The van der Waals surface area contributed by atoms with Crippen LogP contribution in [0.3, 0.4) is 0 Å². The van der Waals surface area contributed by atoms with Crippen molar-refractivity contribution in [1.29, 1.82) is 0 Å². The van der Waals surface area contributed by atoms with E-state index in [1.807, 2.05) is 61.5 Å². The zero-order valence-electron chi connectivity index (χ0n) is 13.3. The van der Waals surface area contributed by atoms with E-state index in [4.69, 9.17) is 0 Å². The third kappa shape index (κ3) is 4.48. The van der Waals surface area contributed by atoms with Crippen molar-refractivity contribution in [2.45, 2.75) is 26.7 Å². The van der Waals surface area contributed by atoms with Gasteiger partial charge in [-0.1, -0.05) is 50.2 Å². The lowest BCUT2D eigenvalue weighted by atomic mass is 10.0. The molecule has 22 heavy (non-hydrogen) atoms. The van der Waals surface area contributed by atoms with Crippen LogP contribution in [0.4, 0.5) is 10.5 Å². The van der Waals surface area contributed by atoms with Gasteiger partial charge in [-0.15, -0.1) is 0 Å². The topological polar surface area (TPSA) is 41.1 Å². The lowest BCUT2D eigenvalue weighted by molar-refractivity contribution is 0.255. The van der Waals surface area contributed by atoms with E-state index in [0.717, 1.165) is 11.3 Å². The summed E-state index contributed by atoms with van der Waals surface area (Å²) >= 11 is 0. The Morgan fingerprint density at radius 3 is 2.36 bits per heavy atom. The van der Waals surface area contributed by atoms with E-state index in [0.29, 0.717) is 5.92 Å². The number of rotatable bonds is 4. The molecule has 0 saturated heterocycles. The summed E-state index contributed by atoms with van der Waals surface area (Å²) in [5.74, 6) is 0.486. The van der Waals surface area contributed by atoms with Gasteiger partial charge in [-0.05, 0) is 47.7 Å². The first kappa shape index (κ1) is 15.8. The molecule has 114 valence electrons. The smallest absolute Gasteiger partial charge is 0.314 e. The van der Waals surface area contributed by atoms with Crippen LogP contribution < -0.4 is 10.6 Å². The molecule has 2 amide bonds. The molecule has 0 unspecified atom stereocenters. The van der Waals surface area contributed by atoms with Gasteiger partial charge in [0.05, 0.1) is 0 Å². The number of hydrogen-bond acceptors (Lipinski definition) is 1. The van der Waals surface area contributed by atoms with Gasteiger partial charge in [-0.25, -0.2) is 4.79 Å². The Bertz CT molecular complexity index is 657. The number of carbonyl (C=O) groups excluding carboxylic acids is 1. The maximum Gasteiger partial charge on any atom is 0.323 e. The van der Waals surface area contributed by atoms with E-state index in [1.165, 1.54) is 11.1 Å². The summed E-state index contributed by atoms with van der Waals surface area (Å²) in [5, 5.41) is 5.52. The van der Waals surface area contributed by atoms with Gasteiger partial charge in [0.2, 0.25) is 0 Å². The number of urea groups is 1. The molecule has 0 aromatic heterocycles. The number of nitrogens with one attached hydrogen (secondary N) is 2. The predicted octanol–water partition coefficient (Wildman–Crippen LogP) is 4.91. The number of benzene rings is 2. The molecule has 0 aliphatic heterocycles. The number of hydrogen-bond donors (Lipinski definition) is 2. The highest BCUT2D eigenvalue weighted by Gasteiger charge is 2.01. The minimum absolute atomic E-state index is 0.248. The molecule has 0 aliphatic carbocycles. The fraction of sp³-hybridized carbons (Fsp3) is 0.211. The van der Waals surface area contributed by atoms with Crippen LogP contribution in [0.5, 0.6) is 0 Å². The standard InChI is InChI=1S/C19H22N2O/c1-14(2)16-8-10-18(11-9-16)21-19(22)20-13-12-17-7-5-4-6-15(17)3/h4-14H,1-3H3,(H2,20,21,22)/b13-12+. The van der Waals surface area contributed by atoms with Crippen molar-refractivity contribution in [3.63, 3.8) is 0 Å². The van der Waals surface area contributed by atoms with Crippen molar-refractivity contribution in [3.8, 4) is 0 Å². The second-order valence-corrected chi connectivity index (χ2v) is 5.57. The number of amides is 2. The Balaban J connectivity index is 1.89. The average molecular weight is 294 g/mol. The van der Waals surface area contributed by atoms with Gasteiger partial charge in [-0.3, -0.25) is 0 Å². The minimum Gasteiger partial charge on any atom is -0.314 e. The summed E-state index contributed by atoms with van der Waals surface area (Å²) in [5.41, 5.74) is 4.30. The van der Waals surface area contributed by atoms with E-state index in [2.05, 4.69) is 24.5 Å². The maximum absolute atomic E-state index is 11.8. The van der Waals surface area contributed by atoms with Crippen LogP contribution in [-0.2, 0) is 0 Å². The third-order valence-corrected chi connectivity index (χ3v) is 3.50. The Morgan fingerprint density at radius 1 is 1.05 bits per heavy atom. The van der Waals surface area contributed by atoms with Crippen LogP contribution in [0, 0.1) is 6.92 Å². The number of carbonyl (C=O) groups is 1. The lowest BCUT2D eigenvalue weighted by Crippen LogP contribution is -2.23. The summed E-state index contributed by atoms with van der Waals surface area (Å²) in [7, 11) is 0. The quantitative estimate of drug-likeness (QED) is 0.826. The van der Waals surface area contributed by atoms with E-state index in [-0.39, 0.29) is 6.03 Å². The van der Waals surface area contributed by atoms with Crippen LogP contribution in [0.2, 0.25) is 0 Å². The van der Waals surface area contributed by atoms with Crippen molar-refractivity contribution in [2.75, 3.05) is 5.32 Å². The molecule has 0 bridgehead atoms. The summed E-state index contributed by atoms with van der Waals surface area (Å²) in [6, 6.07) is 15.7. The van der Waals surface area contributed by atoms with E-state index < -0.39 is 0 Å². The fourth-order valence-corrected chi connectivity index (χ4v) is 2.10. The molecule has 2 aromatic rings. The first-order valence-electron chi connectivity index (χ1n) is 7.46. The molecule has 0 spiro atoms. The van der Waals surface area contributed by atoms with Crippen LogP contribution >= 0.6 is 0 Å². The van der Waals surface area contributed by atoms with Gasteiger partial charge in [0.1, 0.15) is 0 Å². The van der Waals surface area contributed by atoms with E-state index in [9.17, 15) is 4.79 Å². The highest BCUT2D eigenvalue weighted by molar-refractivity contribution is 5.90. The van der Waals surface area contributed by atoms with Gasteiger partial charge in [0, 0.05) is 11.9 Å². The molecule has 0 atom stereocenters. The highest BCUT2D eigenvalue weighted by atomic mass is 16.2. The Kier molecular flexibility index (Phi) is 5.37. The highest BCUT2D eigenvalue weighted by Crippen LogP contribution is 2.17. The molecule has 0 saturated carbocycles. The van der Waals surface area contributed by atoms with E-state index >= 15 is 0 Å². The number of anilines is 1. The summed E-state index contributed by atoms with van der Waals surface area (Å²) in [6.07, 6.45) is 3.54. The Morgan fingerprint density at radius 2 is 1.73 bits per heavy atom. The third-order valence-electron chi connectivity index (χ3n) is 3.50. The zero-order chi connectivity index (χ0) is 15.9. The molecule has 2 aromatic carbocycles. The van der Waals surface area contributed by atoms with Crippen molar-refractivity contribution in [2.24, 2.45) is 0 Å². The largest absolute Gasteiger partial charge is 0.323 e. The molecule has 3 nitrogen and oxygen atoms in total. The molecule has 3 heteroatoms. The second kappa shape index (κ2) is 7.46. The molecular formula is C19H22N2O. The van der Waals surface area contributed by atoms with Gasteiger partial charge in [0.15, 0.2) is 0 Å². The van der Waals surface area contributed by atoms with Gasteiger partial charge >= 0.3 is 6.03 Å². The molecule has 2 rings (SSSR count). The van der Waals surface area contributed by atoms with Crippen molar-refractivity contribution in [3.05, 3.63) is 71.4 Å². The van der Waals surface area contributed by atoms with Crippen molar-refractivity contribution in [1.82, 2.24) is 5.32 Å². The molecule has 2 N–H and O–H groups in total. The fourth-order valence-electron chi connectivity index (χ4n) is 2.10. The second-order valence-electron chi connectivity index (χ2n) is 5.57. The normalized spacial score (nSPS) is 10.9. The summed E-state index contributed by atoms with van der Waals surface area (Å²) in [6.45, 7) is 6.33. The minimum atomic E-state index is -0.248. The predicted molar refractivity (Wildman–Crippen MR) is 92.9 cm³/mol.